The van der Waals surface area contributed by atoms with Gasteiger partial charge in [-0.1, -0.05) is 40.3 Å². The summed E-state index contributed by atoms with van der Waals surface area (Å²) in [6.07, 6.45) is 2.81. The lowest BCUT2D eigenvalue weighted by Gasteiger charge is -2.60. The number of hydrogen-bond donors (Lipinski definition) is 1. The molecule has 0 radical (unpaired) electrons. The molecule has 222 valence electrons. The van der Waals surface area contributed by atoms with Crippen LogP contribution in [0.1, 0.15) is 59.4 Å². The SMILES string of the molecule is C=C1[C@@H]([C@@]2(C)C=CC(=O)C(C)(C)[C@@H]2[C@@H](O)C(=O)OC)[C@H](OC(C)=O)[C@H](OC(C)=O)[C@@]2(C)[C@H](c3ccoc3)C[C@H]3O[C@]132. The molecule has 0 unspecified atom stereocenters. The van der Waals surface area contributed by atoms with Crippen molar-refractivity contribution in [2.75, 3.05) is 7.11 Å². The predicted octanol–water partition coefficient (Wildman–Crippen LogP) is 3.28. The van der Waals surface area contributed by atoms with Gasteiger partial charge in [-0.15, -0.1) is 0 Å². The average molecular weight is 571 g/mol. The number of furan rings is 1. The molecule has 2 heterocycles. The van der Waals surface area contributed by atoms with Crippen LogP contribution in [-0.4, -0.2) is 65.9 Å². The number of allylic oxidation sites excluding steroid dienone is 2. The maximum Gasteiger partial charge on any atom is 0.335 e. The molecule has 1 aliphatic heterocycles. The first-order chi connectivity index (χ1) is 19.1. The smallest absolute Gasteiger partial charge is 0.335 e. The highest BCUT2D eigenvalue weighted by Gasteiger charge is 2.84. The van der Waals surface area contributed by atoms with E-state index < -0.39 is 69.9 Å². The molecule has 1 aromatic heterocycles. The Balaban J connectivity index is 1.75. The van der Waals surface area contributed by atoms with Gasteiger partial charge in [0.1, 0.15) is 17.8 Å². The van der Waals surface area contributed by atoms with Gasteiger partial charge in [-0.05, 0) is 29.7 Å². The van der Waals surface area contributed by atoms with Crippen LogP contribution in [0.4, 0.5) is 0 Å². The molecule has 3 aliphatic carbocycles. The molecule has 0 bridgehead atoms. The van der Waals surface area contributed by atoms with Crippen LogP contribution in [0.3, 0.4) is 0 Å². The summed E-state index contributed by atoms with van der Waals surface area (Å²) >= 11 is 0. The van der Waals surface area contributed by atoms with Gasteiger partial charge < -0.3 is 28.5 Å². The maximum absolute atomic E-state index is 13.2. The zero-order valence-electron chi connectivity index (χ0n) is 24.5. The molecule has 0 amide bonds. The third-order valence-electron chi connectivity index (χ3n) is 10.4. The molecule has 5 rings (SSSR count). The van der Waals surface area contributed by atoms with Crippen LogP contribution < -0.4 is 0 Å². The van der Waals surface area contributed by atoms with Crippen molar-refractivity contribution < 1.29 is 47.6 Å². The molecular formula is C31H38O10. The molecule has 10 atom stereocenters. The fourth-order valence-corrected chi connectivity index (χ4v) is 8.75. The lowest BCUT2D eigenvalue weighted by atomic mass is 9.46. The fourth-order valence-electron chi connectivity index (χ4n) is 8.75. The van der Waals surface area contributed by atoms with E-state index in [1.54, 1.807) is 39.4 Å². The second kappa shape index (κ2) is 9.39. The van der Waals surface area contributed by atoms with Crippen molar-refractivity contribution in [1.29, 1.82) is 0 Å². The molecule has 1 saturated heterocycles. The van der Waals surface area contributed by atoms with E-state index in [4.69, 9.17) is 23.4 Å². The number of carbonyl (C=O) groups is 4. The summed E-state index contributed by atoms with van der Waals surface area (Å²) in [7, 11) is 1.16. The van der Waals surface area contributed by atoms with Crippen LogP contribution in [0.5, 0.6) is 0 Å². The summed E-state index contributed by atoms with van der Waals surface area (Å²) < 4.78 is 28.9. The van der Waals surface area contributed by atoms with Gasteiger partial charge >= 0.3 is 17.9 Å². The first-order valence-electron chi connectivity index (χ1n) is 13.8. The Morgan fingerprint density at radius 2 is 1.78 bits per heavy atom. The van der Waals surface area contributed by atoms with Crippen molar-refractivity contribution in [3.8, 4) is 0 Å². The molecule has 10 nitrogen and oxygen atoms in total. The Morgan fingerprint density at radius 1 is 1.12 bits per heavy atom. The van der Waals surface area contributed by atoms with Crippen LogP contribution in [0.15, 0.2) is 47.3 Å². The molecule has 41 heavy (non-hydrogen) atoms. The van der Waals surface area contributed by atoms with E-state index in [1.165, 1.54) is 19.9 Å². The molecule has 1 spiro atoms. The van der Waals surface area contributed by atoms with Gasteiger partial charge in [-0.25, -0.2) is 4.79 Å². The Kier molecular flexibility index (Phi) is 6.70. The second-order valence-electron chi connectivity index (χ2n) is 12.8. The van der Waals surface area contributed by atoms with Gasteiger partial charge in [0, 0.05) is 42.4 Å². The van der Waals surface area contributed by atoms with Crippen molar-refractivity contribution >= 4 is 23.7 Å². The summed E-state index contributed by atoms with van der Waals surface area (Å²) in [6.45, 7) is 14.2. The van der Waals surface area contributed by atoms with Crippen LogP contribution in [0, 0.1) is 28.1 Å². The van der Waals surface area contributed by atoms with Gasteiger partial charge in [-0.3, -0.25) is 14.4 Å². The van der Waals surface area contributed by atoms with E-state index in [0.29, 0.717) is 12.0 Å². The Hall–Kier alpha value is -3.24. The number of carbonyl (C=O) groups excluding carboxylic acids is 4. The monoisotopic (exact) mass is 570 g/mol. The zero-order chi connectivity index (χ0) is 30.3. The number of methoxy groups -OCH3 is 1. The number of aliphatic hydroxyl groups excluding tert-OH is 1. The highest BCUT2D eigenvalue weighted by atomic mass is 16.6. The van der Waals surface area contributed by atoms with Crippen molar-refractivity contribution in [2.24, 2.45) is 28.1 Å². The Morgan fingerprint density at radius 3 is 2.34 bits per heavy atom. The Labute approximate surface area is 239 Å². The lowest BCUT2D eigenvalue weighted by molar-refractivity contribution is -0.210. The molecule has 1 aromatic rings. The third-order valence-corrected chi connectivity index (χ3v) is 10.4. The van der Waals surface area contributed by atoms with Gasteiger partial charge in [0.15, 0.2) is 11.9 Å². The van der Waals surface area contributed by atoms with Gasteiger partial charge in [-0.2, -0.15) is 0 Å². The van der Waals surface area contributed by atoms with Gasteiger partial charge in [0.05, 0.1) is 31.2 Å². The van der Waals surface area contributed by atoms with Crippen LogP contribution >= 0.6 is 0 Å². The number of ether oxygens (including phenoxy) is 4. The van der Waals surface area contributed by atoms with E-state index in [-0.39, 0.29) is 17.8 Å². The first kappa shape index (κ1) is 29.3. The molecule has 2 saturated carbocycles. The Bertz CT molecular complexity index is 1330. The topological polar surface area (TPSA) is 142 Å². The summed E-state index contributed by atoms with van der Waals surface area (Å²) in [5.74, 6) is -4.41. The highest BCUT2D eigenvalue weighted by molar-refractivity contribution is 5.96. The first-order valence-corrected chi connectivity index (χ1v) is 13.8. The van der Waals surface area contributed by atoms with Gasteiger partial charge in [0.25, 0.3) is 0 Å². The second-order valence-corrected chi connectivity index (χ2v) is 12.8. The molecule has 4 aliphatic rings. The van der Waals surface area contributed by atoms with E-state index in [9.17, 15) is 24.3 Å². The lowest BCUT2D eigenvalue weighted by Crippen LogP contribution is -2.67. The largest absolute Gasteiger partial charge is 0.472 e. The molecule has 0 aromatic carbocycles. The van der Waals surface area contributed by atoms with Crippen molar-refractivity contribution in [2.45, 2.75) is 83.9 Å². The summed E-state index contributed by atoms with van der Waals surface area (Å²) in [6, 6.07) is 1.86. The van der Waals surface area contributed by atoms with E-state index in [1.807, 2.05) is 13.0 Å². The zero-order valence-corrected chi connectivity index (χ0v) is 24.5. The van der Waals surface area contributed by atoms with Crippen molar-refractivity contribution in [1.82, 2.24) is 0 Å². The molecular weight excluding hydrogens is 532 g/mol. The fraction of sp³-hybridized carbons (Fsp3) is 0.613. The number of hydrogen-bond acceptors (Lipinski definition) is 10. The van der Waals surface area contributed by atoms with Crippen LogP contribution in [0.2, 0.25) is 0 Å². The van der Waals surface area contributed by atoms with E-state index in [2.05, 4.69) is 6.58 Å². The van der Waals surface area contributed by atoms with Crippen LogP contribution in [0.25, 0.3) is 0 Å². The molecule has 1 N–H and O–H groups in total. The van der Waals surface area contributed by atoms with Crippen molar-refractivity contribution in [3.05, 3.63) is 48.5 Å². The van der Waals surface area contributed by atoms with Crippen molar-refractivity contribution in [3.63, 3.8) is 0 Å². The maximum atomic E-state index is 13.2. The summed E-state index contributed by atoms with van der Waals surface area (Å²) in [4.78, 5) is 51.3. The minimum absolute atomic E-state index is 0.190. The summed E-state index contributed by atoms with van der Waals surface area (Å²) in [5.41, 5.74) is -2.85. The molecule has 3 fully saturated rings. The number of esters is 3. The minimum atomic E-state index is -1.70. The van der Waals surface area contributed by atoms with E-state index in [0.717, 1.165) is 12.7 Å². The summed E-state index contributed by atoms with van der Waals surface area (Å²) in [5, 5.41) is 11.4. The van der Waals surface area contributed by atoms with E-state index >= 15 is 0 Å². The number of aliphatic hydroxyl groups is 1. The predicted molar refractivity (Wildman–Crippen MR) is 143 cm³/mol. The number of epoxide rings is 1. The highest BCUT2D eigenvalue weighted by Crippen LogP contribution is 2.76. The number of rotatable bonds is 6. The van der Waals surface area contributed by atoms with Crippen LogP contribution in [-0.2, 0) is 38.1 Å². The third kappa shape index (κ3) is 3.82. The average Bonchev–Trinajstić information content (AvgIpc) is 3.23. The normalized spacial score (nSPS) is 41.2. The minimum Gasteiger partial charge on any atom is -0.472 e. The quantitative estimate of drug-likeness (QED) is 0.234. The number of ketones is 1. The molecule has 10 heteroatoms. The van der Waals surface area contributed by atoms with Gasteiger partial charge in [0.2, 0.25) is 0 Å². The standard InChI is InChI=1S/C31H38O10/c1-15-22(29(6)11-9-20(34)28(4,5)25(29)23(35)27(36)37-8)24(39-16(2)32)26(40-17(3)33)30(7)19(18-10-12-38-14-18)13-21-31(15,30)41-21/h9-12,14,19,21-26,35H,1,13H2,2-8H3/t19-,21+,22+,23+,24-,25-,26-,29+,30+,31+/m0/s1.